The number of rotatable bonds is 6. The van der Waals surface area contributed by atoms with Gasteiger partial charge in [0, 0.05) is 12.7 Å². The van der Waals surface area contributed by atoms with Gasteiger partial charge in [0.1, 0.15) is 11.8 Å². The summed E-state index contributed by atoms with van der Waals surface area (Å²) in [6.45, 7) is 3.21. The first-order valence-corrected chi connectivity index (χ1v) is 5.43. The zero-order chi connectivity index (χ0) is 10.2. The van der Waals surface area contributed by atoms with Crippen LogP contribution in [0, 0.1) is 11.3 Å². The van der Waals surface area contributed by atoms with E-state index >= 15 is 0 Å². The molecule has 1 aromatic rings. The molecule has 0 N–H and O–H groups in total. The van der Waals surface area contributed by atoms with Crippen molar-refractivity contribution < 1.29 is 0 Å². The number of nitrogens with zero attached hydrogens (tertiary/aromatic N) is 2. The minimum Gasteiger partial charge on any atom is -0.339 e. The second kappa shape index (κ2) is 6.26. The van der Waals surface area contributed by atoms with Gasteiger partial charge in [-0.2, -0.15) is 5.26 Å². The van der Waals surface area contributed by atoms with Crippen LogP contribution in [0.1, 0.15) is 44.7 Å². The minimum absolute atomic E-state index is 0.778. The smallest absolute Gasteiger partial charge is 0.120 e. The first-order valence-electron chi connectivity index (χ1n) is 5.43. The fourth-order valence-corrected chi connectivity index (χ4v) is 1.60. The van der Waals surface area contributed by atoms with E-state index in [2.05, 4.69) is 13.0 Å². The zero-order valence-corrected chi connectivity index (χ0v) is 8.87. The molecule has 0 saturated carbocycles. The Morgan fingerprint density at radius 1 is 1.29 bits per heavy atom. The highest BCUT2D eigenvalue weighted by molar-refractivity contribution is 5.21. The van der Waals surface area contributed by atoms with Crippen molar-refractivity contribution in [1.82, 2.24) is 4.57 Å². The summed E-state index contributed by atoms with van der Waals surface area (Å²) in [6.07, 6.45) is 8.38. The van der Waals surface area contributed by atoms with E-state index in [0.29, 0.717) is 0 Å². The Balaban J connectivity index is 2.22. The highest BCUT2D eigenvalue weighted by Gasteiger charge is 1.97. The maximum Gasteiger partial charge on any atom is 0.120 e. The third kappa shape index (κ3) is 3.26. The van der Waals surface area contributed by atoms with Gasteiger partial charge in [-0.1, -0.05) is 32.6 Å². The summed E-state index contributed by atoms with van der Waals surface area (Å²) >= 11 is 0. The van der Waals surface area contributed by atoms with E-state index in [9.17, 15) is 0 Å². The molecular weight excluding hydrogens is 172 g/mol. The van der Waals surface area contributed by atoms with Gasteiger partial charge in [-0.25, -0.2) is 0 Å². The summed E-state index contributed by atoms with van der Waals surface area (Å²) < 4.78 is 2.03. The van der Waals surface area contributed by atoms with Gasteiger partial charge < -0.3 is 4.57 Å². The Labute approximate surface area is 86.2 Å². The van der Waals surface area contributed by atoms with E-state index in [1.807, 2.05) is 22.9 Å². The lowest BCUT2D eigenvalue weighted by Gasteiger charge is -2.03. The molecular formula is C12H18N2. The van der Waals surface area contributed by atoms with Crippen LogP contribution >= 0.6 is 0 Å². The Kier molecular flexibility index (Phi) is 4.85. The van der Waals surface area contributed by atoms with Gasteiger partial charge in [0.15, 0.2) is 0 Å². The molecule has 0 fully saturated rings. The van der Waals surface area contributed by atoms with Gasteiger partial charge in [0.25, 0.3) is 0 Å². The second-order valence-corrected chi connectivity index (χ2v) is 3.61. The van der Waals surface area contributed by atoms with Crippen molar-refractivity contribution >= 4 is 0 Å². The highest BCUT2D eigenvalue weighted by atomic mass is 15.0. The highest BCUT2D eigenvalue weighted by Crippen LogP contribution is 2.06. The van der Waals surface area contributed by atoms with Crippen molar-refractivity contribution in [3.8, 4) is 6.07 Å². The van der Waals surface area contributed by atoms with Gasteiger partial charge in [0.2, 0.25) is 0 Å². The molecule has 0 radical (unpaired) electrons. The van der Waals surface area contributed by atoms with Crippen LogP contribution < -0.4 is 0 Å². The van der Waals surface area contributed by atoms with Crippen molar-refractivity contribution in [2.45, 2.75) is 45.6 Å². The van der Waals surface area contributed by atoms with Crippen molar-refractivity contribution in [2.24, 2.45) is 0 Å². The van der Waals surface area contributed by atoms with E-state index in [-0.39, 0.29) is 0 Å². The lowest BCUT2D eigenvalue weighted by molar-refractivity contribution is 0.567. The van der Waals surface area contributed by atoms with Crippen LogP contribution in [0.4, 0.5) is 0 Å². The minimum atomic E-state index is 0.778. The first kappa shape index (κ1) is 10.8. The predicted octanol–water partition coefficient (Wildman–Crippen LogP) is 3.33. The lowest BCUT2D eigenvalue weighted by Crippen LogP contribution is -1.98. The maximum atomic E-state index is 8.78. The quantitative estimate of drug-likeness (QED) is 0.632. The number of unbranched alkanes of at least 4 members (excludes halogenated alkanes) is 4. The Morgan fingerprint density at radius 3 is 2.79 bits per heavy atom. The molecule has 76 valence electrons. The molecule has 0 aliphatic rings. The Bertz CT molecular complexity index is 294. The van der Waals surface area contributed by atoms with Crippen LogP contribution in [0.25, 0.3) is 0 Å². The van der Waals surface area contributed by atoms with Crippen molar-refractivity contribution in [1.29, 1.82) is 5.26 Å². The Morgan fingerprint density at radius 2 is 2.07 bits per heavy atom. The molecule has 0 atom stereocenters. The summed E-state index contributed by atoms with van der Waals surface area (Å²) in [7, 11) is 0. The molecule has 14 heavy (non-hydrogen) atoms. The molecule has 1 heterocycles. The Hall–Kier alpha value is -1.23. The van der Waals surface area contributed by atoms with E-state index in [0.717, 1.165) is 12.2 Å². The topological polar surface area (TPSA) is 28.7 Å². The third-order valence-corrected chi connectivity index (χ3v) is 2.45. The van der Waals surface area contributed by atoms with Crippen LogP contribution in [-0.2, 0) is 6.54 Å². The standard InChI is InChI=1S/C12H18N2/c1-2-3-4-5-6-9-14-10-7-8-12(14)11-13/h7-8,10H,2-6,9H2,1H3. The maximum absolute atomic E-state index is 8.78. The van der Waals surface area contributed by atoms with Crippen molar-refractivity contribution in [3.05, 3.63) is 24.0 Å². The van der Waals surface area contributed by atoms with Gasteiger partial charge in [-0.3, -0.25) is 0 Å². The molecule has 1 rings (SSSR count). The molecule has 1 aromatic heterocycles. The summed E-state index contributed by atoms with van der Waals surface area (Å²) in [5.74, 6) is 0. The molecule has 2 heteroatoms. The molecule has 0 amide bonds. The molecule has 2 nitrogen and oxygen atoms in total. The van der Waals surface area contributed by atoms with Crippen molar-refractivity contribution in [2.75, 3.05) is 0 Å². The average Bonchev–Trinajstić information content (AvgIpc) is 2.65. The van der Waals surface area contributed by atoms with Gasteiger partial charge in [-0.15, -0.1) is 0 Å². The number of aromatic nitrogens is 1. The van der Waals surface area contributed by atoms with Crippen molar-refractivity contribution in [3.63, 3.8) is 0 Å². The van der Waals surface area contributed by atoms with E-state index < -0.39 is 0 Å². The fraction of sp³-hybridized carbons (Fsp3) is 0.583. The summed E-state index contributed by atoms with van der Waals surface area (Å²) in [6, 6.07) is 5.99. The summed E-state index contributed by atoms with van der Waals surface area (Å²) in [5, 5.41) is 8.78. The largest absolute Gasteiger partial charge is 0.339 e. The molecule has 0 spiro atoms. The monoisotopic (exact) mass is 190 g/mol. The second-order valence-electron chi connectivity index (χ2n) is 3.61. The van der Waals surface area contributed by atoms with Gasteiger partial charge in [0.05, 0.1) is 0 Å². The third-order valence-electron chi connectivity index (χ3n) is 2.45. The van der Waals surface area contributed by atoms with Crippen LogP contribution in [0.3, 0.4) is 0 Å². The van der Waals surface area contributed by atoms with E-state index in [1.165, 1.54) is 32.1 Å². The van der Waals surface area contributed by atoms with Crippen LogP contribution in [-0.4, -0.2) is 4.57 Å². The van der Waals surface area contributed by atoms with Crippen LogP contribution in [0.2, 0.25) is 0 Å². The normalized spacial score (nSPS) is 10.0. The van der Waals surface area contributed by atoms with E-state index in [4.69, 9.17) is 5.26 Å². The average molecular weight is 190 g/mol. The molecule has 0 saturated heterocycles. The SMILES string of the molecule is CCCCCCCn1cccc1C#N. The first-order chi connectivity index (χ1) is 6.88. The number of hydrogen-bond donors (Lipinski definition) is 0. The van der Waals surface area contributed by atoms with E-state index in [1.54, 1.807) is 0 Å². The summed E-state index contributed by atoms with van der Waals surface area (Å²) in [5.41, 5.74) is 0.778. The predicted molar refractivity (Wildman–Crippen MR) is 57.9 cm³/mol. The van der Waals surface area contributed by atoms with Gasteiger partial charge >= 0.3 is 0 Å². The summed E-state index contributed by atoms with van der Waals surface area (Å²) in [4.78, 5) is 0. The number of nitriles is 1. The van der Waals surface area contributed by atoms with Crippen LogP contribution in [0.15, 0.2) is 18.3 Å². The molecule has 0 bridgehead atoms. The van der Waals surface area contributed by atoms with Gasteiger partial charge in [-0.05, 0) is 18.6 Å². The molecule has 0 aromatic carbocycles. The fourth-order valence-electron chi connectivity index (χ4n) is 1.60. The van der Waals surface area contributed by atoms with Crippen LogP contribution in [0.5, 0.6) is 0 Å². The zero-order valence-electron chi connectivity index (χ0n) is 8.87. The number of hydrogen-bond acceptors (Lipinski definition) is 1. The molecule has 0 aliphatic carbocycles. The lowest BCUT2D eigenvalue weighted by atomic mass is 10.1. The number of aryl methyl sites for hydroxylation is 1. The molecule has 0 aliphatic heterocycles. The molecule has 0 unspecified atom stereocenters.